The van der Waals surface area contributed by atoms with Gasteiger partial charge in [0.15, 0.2) is 11.9 Å². The highest BCUT2D eigenvalue weighted by atomic mass is 16.6. The Morgan fingerprint density at radius 2 is 1.77 bits per heavy atom. The van der Waals surface area contributed by atoms with Crippen molar-refractivity contribution in [3.63, 3.8) is 0 Å². The Morgan fingerprint density at radius 3 is 2.42 bits per heavy atom. The summed E-state index contributed by atoms with van der Waals surface area (Å²) in [5, 5.41) is 49.9. The topological polar surface area (TPSA) is 157 Å². The van der Waals surface area contributed by atoms with Crippen LogP contribution in [-0.2, 0) is 9.53 Å². The number of aliphatic hydroxyl groups excluding tert-OH is 2. The predicted molar refractivity (Wildman–Crippen MR) is 163 cm³/mol. The number of ether oxygens (including phenoxy) is 1. The highest BCUT2D eigenvalue weighted by Crippen LogP contribution is 2.67. The molecule has 3 unspecified atom stereocenters. The SMILES string of the molecule is CC(C)CCC[C@@H](C)[C@H]1CCC2C3CC=C4C[C@@H](OC(=O)NCC[C@@](O)(C(=O)O)[C@H](O)C(O)O)CC[C@]4(C)C3CC[C@@]21C. The van der Waals surface area contributed by atoms with Crippen LogP contribution in [0.2, 0.25) is 0 Å². The number of hydrogen-bond donors (Lipinski definition) is 6. The number of allylic oxidation sites excluding steroid dienone is 1. The molecule has 3 fully saturated rings. The van der Waals surface area contributed by atoms with Gasteiger partial charge in [-0.3, -0.25) is 0 Å². The van der Waals surface area contributed by atoms with Crippen LogP contribution in [0.25, 0.3) is 0 Å². The third-order valence-electron chi connectivity index (χ3n) is 12.5. The third-order valence-corrected chi connectivity index (χ3v) is 12.5. The van der Waals surface area contributed by atoms with Gasteiger partial charge in [0.1, 0.15) is 12.2 Å². The Hall–Kier alpha value is -1.68. The Balaban J connectivity index is 1.33. The van der Waals surface area contributed by atoms with E-state index >= 15 is 0 Å². The molecule has 0 radical (unpaired) electrons. The lowest BCUT2D eigenvalue weighted by Gasteiger charge is -2.58. The summed E-state index contributed by atoms with van der Waals surface area (Å²) in [7, 11) is 0. The van der Waals surface area contributed by atoms with E-state index in [0.717, 1.165) is 48.9 Å². The maximum absolute atomic E-state index is 12.5. The molecule has 0 heterocycles. The van der Waals surface area contributed by atoms with Crippen molar-refractivity contribution in [1.29, 1.82) is 0 Å². The van der Waals surface area contributed by atoms with Gasteiger partial charge in [-0.05, 0) is 91.3 Å². The first kappa shape index (κ1) is 34.2. The fourth-order valence-corrected chi connectivity index (χ4v) is 9.93. The molecule has 4 aliphatic rings. The molecule has 0 aliphatic heterocycles. The lowest BCUT2D eigenvalue weighted by molar-refractivity contribution is -0.211. The number of fused-ring (bicyclic) bond motifs is 5. The summed E-state index contributed by atoms with van der Waals surface area (Å²) in [4.78, 5) is 24.0. The number of nitrogens with one attached hydrogen (secondary N) is 1. The van der Waals surface area contributed by atoms with Crippen LogP contribution in [0.3, 0.4) is 0 Å². The van der Waals surface area contributed by atoms with Gasteiger partial charge in [0.25, 0.3) is 0 Å². The molecule has 6 N–H and O–H groups in total. The zero-order valence-electron chi connectivity index (χ0n) is 26.9. The lowest BCUT2D eigenvalue weighted by Crippen LogP contribution is -2.56. The Labute approximate surface area is 257 Å². The van der Waals surface area contributed by atoms with Crippen LogP contribution in [0.1, 0.15) is 112 Å². The number of aliphatic hydroxyl groups is 4. The monoisotopic (exact) mass is 607 g/mol. The summed E-state index contributed by atoms with van der Waals surface area (Å²) in [5.74, 6) is 2.76. The molecule has 0 spiro atoms. The minimum absolute atomic E-state index is 0.126. The van der Waals surface area contributed by atoms with Crippen molar-refractivity contribution in [2.45, 2.75) is 136 Å². The fraction of sp³-hybridized carbons (Fsp3) is 0.882. The molecule has 4 rings (SSSR count). The molecule has 1 amide bonds. The molecular formula is C34H57NO8. The second kappa shape index (κ2) is 13.4. The number of alkyl carbamates (subject to hydrolysis) is 1. The molecule has 0 aromatic carbocycles. The number of carbonyl (C=O) groups is 2. The summed E-state index contributed by atoms with van der Waals surface area (Å²) < 4.78 is 5.70. The van der Waals surface area contributed by atoms with E-state index in [1.54, 1.807) is 0 Å². The molecule has 0 saturated heterocycles. The summed E-state index contributed by atoms with van der Waals surface area (Å²) in [6.07, 6.45) is 8.92. The quantitative estimate of drug-likeness (QED) is 0.134. The van der Waals surface area contributed by atoms with Crippen molar-refractivity contribution in [2.24, 2.45) is 46.3 Å². The van der Waals surface area contributed by atoms with Gasteiger partial charge >= 0.3 is 12.1 Å². The largest absolute Gasteiger partial charge is 0.479 e. The Kier molecular flexibility index (Phi) is 10.6. The average Bonchev–Trinajstić information content (AvgIpc) is 3.29. The lowest BCUT2D eigenvalue weighted by atomic mass is 9.47. The number of carbonyl (C=O) groups excluding carboxylic acids is 1. The molecule has 10 atom stereocenters. The predicted octanol–water partition coefficient (Wildman–Crippen LogP) is 5.00. The number of hydrogen-bond acceptors (Lipinski definition) is 7. The molecule has 246 valence electrons. The average molecular weight is 608 g/mol. The maximum atomic E-state index is 12.5. The van der Waals surface area contributed by atoms with Gasteiger partial charge < -0.3 is 35.6 Å². The van der Waals surface area contributed by atoms with Gasteiger partial charge in [-0.1, -0.05) is 65.5 Å². The van der Waals surface area contributed by atoms with Gasteiger partial charge in [-0.15, -0.1) is 0 Å². The van der Waals surface area contributed by atoms with Gasteiger partial charge in [-0.25, -0.2) is 9.59 Å². The van der Waals surface area contributed by atoms with Crippen molar-refractivity contribution in [3.05, 3.63) is 11.6 Å². The van der Waals surface area contributed by atoms with Crippen LogP contribution in [0.4, 0.5) is 4.79 Å². The minimum Gasteiger partial charge on any atom is -0.479 e. The molecule has 3 saturated carbocycles. The van der Waals surface area contributed by atoms with Crippen LogP contribution in [0.15, 0.2) is 11.6 Å². The van der Waals surface area contributed by atoms with E-state index in [2.05, 4.69) is 46.0 Å². The fourth-order valence-electron chi connectivity index (χ4n) is 9.93. The first-order valence-corrected chi connectivity index (χ1v) is 16.8. The first-order chi connectivity index (χ1) is 20.1. The molecule has 0 bridgehead atoms. The highest BCUT2D eigenvalue weighted by molar-refractivity contribution is 5.78. The van der Waals surface area contributed by atoms with E-state index in [0.29, 0.717) is 17.8 Å². The molecule has 4 aliphatic carbocycles. The number of rotatable bonds is 12. The van der Waals surface area contributed by atoms with E-state index in [9.17, 15) is 24.9 Å². The smallest absolute Gasteiger partial charge is 0.407 e. The molecule has 43 heavy (non-hydrogen) atoms. The second-order valence-corrected chi connectivity index (χ2v) is 15.3. The molecule has 0 aromatic heterocycles. The van der Waals surface area contributed by atoms with E-state index in [1.807, 2.05) is 0 Å². The number of amides is 1. The molecule has 0 aromatic rings. The second-order valence-electron chi connectivity index (χ2n) is 15.3. The van der Waals surface area contributed by atoms with Gasteiger partial charge in [-0.2, -0.15) is 0 Å². The first-order valence-electron chi connectivity index (χ1n) is 16.8. The van der Waals surface area contributed by atoms with Crippen LogP contribution >= 0.6 is 0 Å². The summed E-state index contributed by atoms with van der Waals surface area (Å²) in [5.41, 5.74) is -0.853. The van der Waals surface area contributed by atoms with Gasteiger partial charge in [0, 0.05) is 19.4 Å². The summed E-state index contributed by atoms with van der Waals surface area (Å²) in [6.45, 7) is 11.9. The van der Waals surface area contributed by atoms with E-state index in [1.165, 1.54) is 50.5 Å². The van der Waals surface area contributed by atoms with Gasteiger partial charge in [0.2, 0.25) is 0 Å². The van der Waals surface area contributed by atoms with Crippen LogP contribution in [-0.4, -0.2) is 68.2 Å². The minimum atomic E-state index is -2.82. The summed E-state index contributed by atoms with van der Waals surface area (Å²) in [6, 6.07) is 0. The van der Waals surface area contributed by atoms with Crippen LogP contribution in [0.5, 0.6) is 0 Å². The zero-order valence-corrected chi connectivity index (χ0v) is 26.9. The standard InChI is InChI=1S/C34H57NO8/c1-20(2)7-6-8-21(3)25-11-12-26-24-10-9-22-19-23(13-15-32(22,4)27(24)14-16-33(25,26)5)43-31(41)35-18-17-34(42,30(39)40)28(36)29(37)38/h9,20-21,23-29,36-38,42H,6-8,10-19H2,1-5H3,(H,35,41)(H,39,40)/t21-,23+,24?,25-,26?,27?,28-,32+,33-,34+/m1/s1. The van der Waals surface area contributed by atoms with Gasteiger partial charge in [0.05, 0.1) is 0 Å². The number of aliphatic carboxylic acids is 1. The molecule has 9 heteroatoms. The Morgan fingerprint density at radius 1 is 1.05 bits per heavy atom. The normalized spacial score (nSPS) is 36.5. The maximum Gasteiger partial charge on any atom is 0.407 e. The molecular weight excluding hydrogens is 550 g/mol. The molecule has 9 nitrogen and oxygen atoms in total. The highest BCUT2D eigenvalue weighted by Gasteiger charge is 2.59. The number of carboxylic acids is 1. The van der Waals surface area contributed by atoms with Crippen molar-refractivity contribution in [1.82, 2.24) is 5.32 Å². The van der Waals surface area contributed by atoms with E-state index in [4.69, 9.17) is 14.9 Å². The zero-order chi connectivity index (χ0) is 31.7. The van der Waals surface area contributed by atoms with E-state index in [-0.39, 0.29) is 18.1 Å². The van der Waals surface area contributed by atoms with Crippen molar-refractivity contribution < 1.29 is 39.9 Å². The van der Waals surface area contributed by atoms with Crippen molar-refractivity contribution >= 4 is 12.1 Å². The summed E-state index contributed by atoms with van der Waals surface area (Å²) >= 11 is 0. The van der Waals surface area contributed by atoms with Crippen LogP contribution in [0, 0.1) is 46.3 Å². The van der Waals surface area contributed by atoms with Crippen molar-refractivity contribution in [3.8, 4) is 0 Å². The number of carboxylic acid groups (broad SMARTS) is 1. The van der Waals surface area contributed by atoms with E-state index < -0.39 is 36.5 Å². The van der Waals surface area contributed by atoms with Crippen molar-refractivity contribution in [2.75, 3.05) is 6.54 Å². The third kappa shape index (κ3) is 6.80. The Bertz CT molecular complexity index is 1030. The van der Waals surface area contributed by atoms with Crippen LogP contribution < -0.4 is 5.32 Å².